The lowest BCUT2D eigenvalue weighted by atomic mass is 9.86. The maximum atomic E-state index is 13.1. The SMILES string of the molecule is O=S(=O)(N[C@H]1CCC[C@@H](N2c3ccccc3CCc3ccccc32)[C@@H]1O)c1ccc(OC(F)F)cc1. The van der Waals surface area contributed by atoms with E-state index in [1.165, 1.54) is 35.4 Å². The Balaban J connectivity index is 1.42. The van der Waals surface area contributed by atoms with Crippen LogP contribution in [-0.4, -0.2) is 38.3 Å². The molecule has 1 aliphatic carbocycles. The zero-order valence-corrected chi connectivity index (χ0v) is 20.4. The average Bonchev–Trinajstić information content (AvgIpc) is 3.02. The standard InChI is InChI=1S/C27H28F2N2O4S/c28-27(29)35-20-14-16-21(17-15-20)36(33,34)30-22-8-5-11-25(26(22)32)31-23-9-3-1-6-18(23)12-13-19-7-2-4-10-24(19)31/h1-4,6-7,9-10,14-17,22,25-27,30,32H,5,8,11-13H2/t22-,25+,26+/m0/s1. The van der Waals surface area contributed by atoms with E-state index < -0.39 is 28.8 Å². The van der Waals surface area contributed by atoms with Crippen molar-refractivity contribution in [3.63, 3.8) is 0 Å². The molecule has 0 radical (unpaired) electrons. The first kappa shape index (κ1) is 24.7. The molecule has 1 aliphatic heterocycles. The van der Waals surface area contributed by atoms with Crippen LogP contribution in [0.3, 0.4) is 0 Å². The van der Waals surface area contributed by atoms with Gasteiger partial charge in [-0.25, -0.2) is 13.1 Å². The molecule has 0 aromatic heterocycles. The number of halogens is 2. The summed E-state index contributed by atoms with van der Waals surface area (Å²) in [5.74, 6) is -0.125. The van der Waals surface area contributed by atoms with Crippen LogP contribution in [-0.2, 0) is 22.9 Å². The molecule has 0 spiro atoms. The van der Waals surface area contributed by atoms with Gasteiger partial charge in [0.15, 0.2) is 0 Å². The zero-order chi connectivity index (χ0) is 25.3. The number of nitrogens with zero attached hydrogens (tertiary/aromatic N) is 1. The molecule has 1 saturated carbocycles. The van der Waals surface area contributed by atoms with Crippen molar-refractivity contribution in [2.75, 3.05) is 4.90 Å². The van der Waals surface area contributed by atoms with Crippen molar-refractivity contribution in [1.29, 1.82) is 0 Å². The molecule has 0 saturated heterocycles. The molecular formula is C27H28F2N2O4S. The van der Waals surface area contributed by atoms with E-state index in [1.54, 1.807) is 0 Å². The Kier molecular flexibility index (Phi) is 6.96. The second-order valence-corrected chi connectivity index (χ2v) is 10.9. The van der Waals surface area contributed by atoms with Gasteiger partial charge in [0.25, 0.3) is 0 Å². The summed E-state index contributed by atoms with van der Waals surface area (Å²) in [6.07, 6.45) is 2.73. The van der Waals surface area contributed by atoms with E-state index in [0.29, 0.717) is 12.8 Å². The summed E-state index contributed by atoms with van der Waals surface area (Å²) in [7, 11) is -3.99. The van der Waals surface area contributed by atoms with E-state index in [9.17, 15) is 22.3 Å². The van der Waals surface area contributed by atoms with Gasteiger partial charge in [-0.05, 0) is 79.6 Å². The van der Waals surface area contributed by atoms with Gasteiger partial charge in [0.05, 0.1) is 23.1 Å². The van der Waals surface area contributed by atoms with Crippen LogP contribution in [0.15, 0.2) is 77.7 Å². The maximum absolute atomic E-state index is 13.1. The third-order valence-corrected chi connectivity index (χ3v) is 8.49. The smallest absolute Gasteiger partial charge is 0.387 e. The van der Waals surface area contributed by atoms with Crippen molar-refractivity contribution in [3.8, 4) is 5.75 Å². The summed E-state index contributed by atoms with van der Waals surface area (Å²) in [6.45, 7) is -2.99. The molecule has 36 heavy (non-hydrogen) atoms. The number of aliphatic hydroxyl groups is 1. The first-order valence-corrected chi connectivity index (χ1v) is 13.5. The lowest BCUT2D eigenvalue weighted by Gasteiger charge is -2.43. The van der Waals surface area contributed by atoms with Crippen LogP contribution in [0.25, 0.3) is 0 Å². The summed E-state index contributed by atoms with van der Waals surface area (Å²) in [4.78, 5) is 2.10. The number of benzene rings is 3. The Labute approximate surface area is 209 Å². The molecule has 9 heteroatoms. The van der Waals surface area contributed by atoms with Crippen LogP contribution in [0.1, 0.15) is 30.4 Å². The molecule has 0 bridgehead atoms. The van der Waals surface area contributed by atoms with Gasteiger partial charge in [0.1, 0.15) is 5.75 Å². The van der Waals surface area contributed by atoms with Gasteiger partial charge < -0.3 is 14.7 Å². The second kappa shape index (κ2) is 10.2. The number of fused-ring (bicyclic) bond motifs is 2. The number of aryl methyl sites for hydroxylation is 2. The maximum Gasteiger partial charge on any atom is 0.387 e. The largest absolute Gasteiger partial charge is 0.435 e. The van der Waals surface area contributed by atoms with Crippen molar-refractivity contribution in [1.82, 2.24) is 4.72 Å². The Bertz CT molecular complexity index is 1270. The zero-order valence-electron chi connectivity index (χ0n) is 19.6. The fourth-order valence-corrected chi connectivity index (χ4v) is 6.59. The Morgan fingerprint density at radius 3 is 2.06 bits per heavy atom. The highest BCUT2D eigenvalue weighted by Gasteiger charge is 2.40. The minimum absolute atomic E-state index is 0.0797. The van der Waals surface area contributed by atoms with Crippen LogP contribution >= 0.6 is 0 Å². The van der Waals surface area contributed by atoms with Crippen molar-refractivity contribution in [2.45, 2.75) is 61.8 Å². The fraction of sp³-hybridized carbons (Fsp3) is 0.333. The van der Waals surface area contributed by atoms with Crippen LogP contribution < -0.4 is 14.4 Å². The predicted octanol–water partition coefficient (Wildman–Crippen LogP) is 4.79. The Morgan fingerprint density at radius 2 is 1.47 bits per heavy atom. The number of hydrogen-bond donors (Lipinski definition) is 2. The van der Waals surface area contributed by atoms with E-state index in [0.717, 1.165) is 30.6 Å². The molecule has 2 N–H and O–H groups in total. The van der Waals surface area contributed by atoms with Gasteiger partial charge in [-0.3, -0.25) is 0 Å². The molecule has 0 unspecified atom stereocenters. The highest BCUT2D eigenvalue weighted by Crippen LogP contribution is 2.41. The van der Waals surface area contributed by atoms with E-state index in [1.807, 2.05) is 24.3 Å². The summed E-state index contributed by atoms with van der Waals surface area (Å²) < 4.78 is 58.0. The number of nitrogens with one attached hydrogen (secondary N) is 1. The number of hydrogen-bond acceptors (Lipinski definition) is 5. The van der Waals surface area contributed by atoms with Crippen molar-refractivity contribution < 1.29 is 27.0 Å². The van der Waals surface area contributed by atoms with Gasteiger partial charge in [-0.1, -0.05) is 36.4 Å². The molecule has 1 heterocycles. The molecule has 6 nitrogen and oxygen atoms in total. The highest BCUT2D eigenvalue weighted by molar-refractivity contribution is 7.89. The molecule has 1 fully saturated rings. The average molecular weight is 515 g/mol. The first-order chi connectivity index (χ1) is 17.3. The lowest BCUT2D eigenvalue weighted by Crippen LogP contribution is -2.55. The van der Waals surface area contributed by atoms with Gasteiger partial charge in [-0.2, -0.15) is 8.78 Å². The summed E-state index contributed by atoms with van der Waals surface area (Å²) in [5, 5.41) is 11.5. The Morgan fingerprint density at radius 1 is 0.889 bits per heavy atom. The minimum atomic E-state index is -3.99. The van der Waals surface area contributed by atoms with Crippen LogP contribution in [0.2, 0.25) is 0 Å². The topological polar surface area (TPSA) is 78.9 Å². The number of para-hydroxylation sites is 2. The van der Waals surface area contributed by atoms with Crippen molar-refractivity contribution >= 4 is 21.4 Å². The molecule has 3 aromatic carbocycles. The second-order valence-electron chi connectivity index (χ2n) is 9.19. The predicted molar refractivity (Wildman–Crippen MR) is 133 cm³/mol. The monoisotopic (exact) mass is 514 g/mol. The Hall–Kier alpha value is -3.01. The fourth-order valence-electron chi connectivity index (χ4n) is 5.31. The molecule has 2 aliphatic rings. The molecular weight excluding hydrogens is 486 g/mol. The first-order valence-electron chi connectivity index (χ1n) is 12.0. The number of ether oxygens (including phenoxy) is 1. The van der Waals surface area contributed by atoms with Gasteiger partial charge in [0, 0.05) is 11.4 Å². The third kappa shape index (κ3) is 4.96. The van der Waals surface area contributed by atoms with E-state index in [2.05, 4.69) is 38.6 Å². The minimum Gasteiger partial charge on any atom is -0.435 e. The number of anilines is 2. The number of aliphatic hydroxyl groups excluding tert-OH is 1. The van der Waals surface area contributed by atoms with Gasteiger partial charge in [-0.15, -0.1) is 0 Å². The summed E-state index contributed by atoms with van der Waals surface area (Å²) in [5.41, 5.74) is 4.44. The number of sulfonamides is 1. The quantitative estimate of drug-likeness (QED) is 0.495. The van der Waals surface area contributed by atoms with Gasteiger partial charge >= 0.3 is 6.61 Å². The van der Waals surface area contributed by atoms with Crippen LogP contribution in [0, 0.1) is 0 Å². The van der Waals surface area contributed by atoms with Gasteiger partial charge in [0.2, 0.25) is 10.0 Å². The number of alkyl halides is 2. The van der Waals surface area contributed by atoms with Crippen molar-refractivity contribution in [2.24, 2.45) is 0 Å². The lowest BCUT2D eigenvalue weighted by molar-refractivity contribution is -0.0498. The van der Waals surface area contributed by atoms with Crippen LogP contribution in [0.4, 0.5) is 20.2 Å². The van der Waals surface area contributed by atoms with E-state index in [-0.39, 0.29) is 16.7 Å². The number of rotatable bonds is 6. The molecule has 3 aromatic rings. The van der Waals surface area contributed by atoms with E-state index in [4.69, 9.17) is 0 Å². The van der Waals surface area contributed by atoms with E-state index >= 15 is 0 Å². The molecule has 3 atom stereocenters. The molecule has 5 rings (SSSR count). The summed E-state index contributed by atoms with van der Waals surface area (Å²) in [6, 6.07) is 20.1. The third-order valence-electron chi connectivity index (χ3n) is 6.98. The summed E-state index contributed by atoms with van der Waals surface area (Å²) >= 11 is 0. The van der Waals surface area contributed by atoms with Crippen LogP contribution in [0.5, 0.6) is 5.75 Å². The normalized spacial score (nSPS) is 22.0. The molecule has 0 amide bonds. The highest BCUT2D eigenvalue weighted by atomic mass is 32.2. The molecule has 190 valence electrons. The van der Waals surface area contributed by atoms with Crippen molar-refractivity contribution in [3.05, 3.63) is 83.9 Å².